The highest BCUT2D eigenvalue weighted by Crippen LogP contribution is 2.21. The summed E-state index contributed by atoms with van der Waals surface area (Å²) in [6, 6.07) is 10.4. The number of aromatic nitrogens is 1. The average molecular weight is 316 g/mol. The molecule has 2 aromatic rings. The first-order valence-electron chi connectivity index (χ1n) is 7.69. The van der Waals surface area contributed by atoms with Gasteiger partial charge in [-0.3, -0.25) is 4.79 Å². The maximum atomic E-state index is 12.0. The molecule has 4 nitrogen and oxygen atoms in total. The number of hydrogen-bond donors (Lipinski definition) is 0. The smallest absolute Gasteiger partial charge is 0.273 e. The minimum Gasteiger partial charge on any atom is -0.463 e. The maximum Gasteiger partial charge on any atom is 0.273 e. The summed E-state index contributed by atoms with van der Waals surface area (Å²) in [7, 11) is 0. The summed E-state index contributed by atoms with van der Waals surface area (Å²) in [6.07, 6.45) is 5.53. The van der Waals surface area contributed by atoms with Gasteiger partial charge in [-0.15, -0.1) is 0 Å². The predicted molar refractivity (Wildman–Crippen MR) is 87.1 cm³/mol. The number of ether oxygens (including phenoxy) is 1. The van der Waals surface area contributed by atoms with Gasteiger partial charge >= 0.3 is 0 Å². The Morgan fingerprint density at radius 2 is 2.09 bits per heavy atom. The Morgan fingerprint density at radius 3 is 2.82 bits per heavy atom. The fourth-order valence-corrected chi connectivity index (χ4v) is 3.09. The number of amides is 1. The third-order valence-corrected chi connectivity index (χ3v) is 4.49. The summed E-state index contributed by atoms with van der Waals surface area (Å²) in [5.74, 6) is 0.243. The Hall–Kier alpha value is -1.88. The maximum absolute atomic E-state index is 12.0. The first-order valence-corrected chi connectivity index (χ1v) is 8.57. The van der Waals surface area contributed by atoms with E-state index in [0.29, 0.717) is 24.7 Å². The summed E-state index contributed by atoms with van der Waals surface area (Å²) in [6.45, 7) is 1.38. The molecule has 0 bridgehead atoms. The molecule has 3 rings (SSSR count). The van der Waals surface area contributed by atoms with E-state index in [9.17, 15) is 4.79 Å². The lowest BCUT2D eigenvalue weighted by molar-refractivity contribution is -0.140. The Kier molecular flexibility index (Phi) is 5.06. The van der Waals surface area contributed by atoms with E-state index in [2.05, 4.69) is 29.2 Å². The number of nitrogens with zero attached hydrogens (tertiary/aromatic N) is 2. The standard InChI is InChI=1S/C17H20N2O2S/c20-16(9-5-4-8-14-6-2-1-3-7-14)19-12-15(13-19)21-17-18-10-11-22-17/h1-3,6-7,10-11,15H,4-5,8-9,12-13H2. The molecular weight excluding hydrogens is 296 g/mol. The van der Waals surface area contributed by atoms with Crippen LogP contribution in [0.2, 0.25) is 0 Å². The van der Waals surface area contributed by atoms with Crippen molar-refractivity contribution in [3.05, 3.63) is 47.5 Å². The molecule has 1 amide bonds. The Morgan fingerprint density at radius 1 is 1.27 bits per heavy atom. The number of hydrogen-bond acceptors (Lipinski definition) is 4. The molecule has 22 heavy (non-hydrogen) atoms. The van der Waals surface area contributed by atoms with Gasteiger partial charge in [0, 0.05) is 18.0 Å². The van der Waals surface area contributed by atoms with E-state index in [0.717, 1.165) is 19.3 Å². The van der Waals surface area contributed by atoms with Gasteiger partial charge in [-0.2, -0.15) is 0 Å². The summed E-state index contributed by atoms with van der Waals surface area (Å²) in [5, 5.41) is 2.59. The van der Waals surface area contributed by atoms with Crippen LogP contribution in [0.1, 0.15) is 24.8 Å². The molecule has 0 saturated carbocycles. The summed E-state index contributed by atoms with van der Waals surface area (Å²) in [4.78, 5) is 18.0. The molecule has 1 saturated heterocycles. The van der Waals surface area contributed by atoms with Crippen LogP contribution in [0.4, 0.5) is 0 Å². The van der Waals surface area contributed by atoms with Gasteiger partial charge in [-0.1, -0.05) is 41.7 Å². The molecule has 1 aliphatic rings. The summed E-state index contributed by atoms with van der Waals surface area (Å²) < 4.78 is 5.67. The van der Waals surface area contributed by atoms with Crippen molar-refractivity contribution in [3.63, 3.8) is 0 Å². The Labute approximate surface area is 134 Å². The van der Waals surface area contributed by atoms with Gasteiger partial charge in [0.25, 0.3) is 5.19 Å². The minimum absolute atomic E-state index is 0.111. The number of aryl methyl sites for hydroxylation is 1. The second-order valence-corrected chi connectivity index (χ2v) is 6.39. The van der Waals surface area contributed by atoms with Crippen molar-refractivity contribution in [1.82, 2.24) is 9.88 Å². The Balaban J connectivity index is 1.29. The number of thiazole rings is 1. The Bertz CT molecular complexity index is 580. The topological polar surface area (TPSA) is 42.4 Å². The van der Waals surface area contributed by atoms with Crippen molar-refractivity contribution in [1.29, 1.82) is 0 Å². The van der Waals surface area contributed by atoms with Crippen LogP contribution in [0.15, 0.2) is 41.9 Å². The van der Waals surface area contributed by atoms with Crippen molar-refractivity contribution in [2.24, 2.45) is 0 Å². The molecule has 0 unspecified atom stereocenters. The molecule has 116 valence electrons. The highest BCUT2D eigenvalue weighted by Gasteiger charge is 2.32. The quantitative estimate of drug-likeness (QED) is 0.737. The number of unbranched alkanes of at least 4 members (excludes halogenated alkanes) is 1. The number of carbonyl (C=O) groups is 1. The van der Waals surface area contributed by atoms with Crippen molar-refractivity contribution >= 4 is 17.2 Å². The number of rotatable bonds is 7. The van der Waals surface area contributed by atoms with Gasteiger partial charge in [0.1, 0.15) is 6.10 Å². The van der Waals surface area contributed by atoms with Crippen LogP contribution >= 0.6 is 11.3 Å². The van der Waals surface area contributed by atoms with E-state index in [4.69, 9.17) is 4.74 Å². The highest BCUT2D eigenvalue weighted by molar-refractivity contribution is 7.11. The third-order valence-electron chi connectivity index (χ3n) is 3.83. The van der Waals surface area contributed by atoms with Gasteiger partial charge in [-0.05, 0) is 24.8 Å². The molecule has 1 fully saturated rings. The van der Waals surface area contributed by atoms with Gasteiger partial charge in [0.15, 0.2) is 0 Å². The van der Waals surface area contributed by atoms with E-state index >= 15 is 0 Å². The second-order valence-electron chi connectivity index (χ2n) is 5.53. The van der Waals surface area contributed by atoms with Gasteiger partial charge in [0.2, 0.25) is 5.91 Å². The van der Waals surface area contributed by atoms with Crippen molar-refractivity contribution in [3.8, 4) is 5.19 Å². The number of benzene rings is 1. The van der Waals surface area contributed by atoms with Gasteiger partial charge in [-0.25, -0.2) is 4.98 Å². The monoisotopic (exact) mass is 316 g/mol. The van der Waals surface area contributed by atoms with E-state index in [1.807, 2.05) is 16.3 Å². The molecular formula is C17H20N2O2S. The lowest BCUT2D eigenvalue weighted by Gasteiger charge is -2.38. The van der Waals surface area contributed by atoms with Crippen LogP contribution < -0.4 is 4.74 Å². The molecule has 1 aromatic heterocycles. The van der Waals surface area contributed by atoms with Crippen molar-refractivity contribution in [2.45, 2.75) is 31.8 Å². The van der Waals surface area contributed by atoms with E-state index in [1.165, 1.54) is 16.9 Å². The van der Waals surface area contributed by atoms with Gasteiger partial charge in [0.05, 0.1) is 13.1 Å². The molecule has 2 heterocycles. The number of likely N-dealkylation sites (tertiary alicyclic amines) is 1. The molecule has 0 radical (unpaired) electrons. The van der Waals surface area contributed by atoms with Crippen LogP contribution in [0.3, 0.4) is 0 Å². The third kappa shape index (κ3) is 4.07. The molecule has 1 aliphatic heterocycles. The molecule has 0 atom stereocenters. The summed E-state index contributed by atoms with van der Waals surface area (Å²) >= 11 is 1.49. The summed E-state index contributed by atoms with van der Waals surface area (Å²) in [5.41, 5.74) is 1.34. The predicted octanol–water partition coefficient (Wildman–Crippen LogP) is 3.15. The minimum atomic E-state index is 0.111. The molecule has 1 aromatic carbocycles. The SMILES string of the molecule is O=C(CCCCc1ccccc1)N1CC(Oc2nccs2)C1. The zero-order chi connectivity index (χ0) is 15.2. The molecule has 0 N–H and O–H groups in total. The second kappa shape index (κ2) is 7.40. The fraction of sp³-hybridized carbons (Fsp3) is 0.412. The molecule has 0 spiro atoms. The molecule has 0 aliphatic carbocycles. The van der Waals surface area contributed by atoms with Crippen LogP contribution in [0, 0.1) is 0 Å². The van der Waals surface area contributed by atoms with Crippen molar-refractivity contribution in [2.75, 3.05) is 13.1 Å². The zero-order valence-electron chi connectivity index (χ0n) is 12.5. The fourth-order valence-electron chi connectivity index (χ4n) is 2.54. The lowest BCUT2D eigenvalue weighted by Crippen LogP contribution is -2.56. The zero-order valence-corrected chi connectivity index (χ0v) is 13.3. The van der Waals surface area contributed by atoms with Gasteiger partial charge < -0.3 is 9.64 Å². The number of carbonyl (C=O) groups excluding carboxylic acids is 1. The van der Waals surface area contributed by atoms with Crippen LogP contribution in [0.5, 0.6) is 5.19 Å². The van der Waals surface area contributed by atoms with E-state index in [1.54, 1.807) is 6.20 Å². The van der Waals surface area contributed by atoms with E-state index in [-0.39, 0.29) is 12.0 Å². The van der Waals surface area contributed by atoms with Crippen LogP contribution in [0.25, 0.3) is 0 Å². The lowest BCUT2D eigenvalue weighted by atomic mass is 10.1. The first-order chi connectivity index (χ1) is 10.8. The molecule has 5 heteroatoms. The average Bonchev–Trinajstić information content (AvgIpc) is 3.01. The van der Waals surface area contributed by atoms with Crippen LogP contribution in [-0.2, 0) is 11.2 Å². The van der Waals surface area contributed by atoms with E-state index < -0.39 is 0 Å². The normalized spacial score (nSPS) is 14.6. The van der Waals surface area contributed by atoms with Crippen LogP contribution in [-0.4, -0.2) is 35.0 Å². The van der Waals surface area contributed by atoms with Crippen molar-refractivity contribution < 1.29 is 9.53 Å². The first kappa shape index (κ1) is 15.0. The highest BCUT2D eigenvalue weighted by atomic mass is 32.1. The largest absolute Gasteiger partial charge is 0.463 e.